The van der Waals surface area contributed by atoms with Gasteiger partial charge in [0.05, 0.1) is 33.1 Å². The number of aromatic nitrogens is 3. The van der Waals surface area contributed by atoms with Crippen molar-refractivity contribution in [2.45, 2.75) is 56.3 Å². The van der Waals surface area contributed by atoms with Crippen molar-refractivity contribution in [1.82, 2.24) is 13.7 Å². The highest BCUT2D eigenvalue weighted by atomic mass is 19.4. The number of para-hydroxylation sites is 2. The molecule has 3 aromatic heterocycles. The topological polar surface area (TPSA) is 14.8 Å². The molecule has 0 radical (unpaired) electrons. The van der Waals surface area contributed by atoms with Gasteiger partial charge < -0.3 is 13.7 Å². The van der Waals surface area contributed by atoms with Gasteiger partial charge in [-0.1, -0.05) is 114 Å². The highest BCUT2D eigenvalue weighted by Crippen LogP contribution is 2.60. The minimum Gasteiger partial charge on any atom is -0.309 e. The van der Waals surface area contributed by atoms with E-state index in [1.165, 1.54) is 16.7 Å². The second-order valence-corrected chi connectivity index (χ2v) is 20.0. The predicted molar refractivity (Wildman–Crippen MR) is 282 cm³/mol. The lowest BCUT2D eigenvalue weighted by atomic mass is 9.71. The predicted octanol–water partition coefficient (Wildman–Crippen LogP) is 18.7. The Hall–Kier alpha value is -8.46. The number of hydrogen-bond acceptors (Lipinski definition) is 0. The molecule has 0 aliphatic heterocycles. The molecule has 392 valence electrons. The number of alkyl halides is 12. The molecule has 3 heterocycles. The third kappa shape index (κ3) is 7.22. The van der Waals surface area contributed by atoms with E-state index in [-0.39, 0.29) is 27.8 Å². The maximum Gasteiger partial charge on any atom is 0.411 e. The van der Waals surface area contributed by atoms with Crippen molar-refractivity contribution in [2.75, 3.05) is 0 Å². The van der Waals surface area contributed by atoms with Crippen molar-refractivity contribution in [3.63, 3.8) is 0 Å². The van der Waals surface area contributed by atoms with E-state index in [2.05, 4.69) is 0 Å². The fraction of sp³-hybridized carbons (Fsp3) is 0.143. The van der Waals surface area contributed by atoms with Gasteiger partial charge in [0.1, 0.15) is 0 Å². The van der Waals surface area contributed by atoms with E-state index in [0.29, 0.717) is 68.2 Å². The molecule has 0 saturated carbocycles. The molecule has 0 N–H and O–H groups in total. The molecule has 0 aliphatic carbocycles. The molecule has 3 nitrogen and oxygen atoms in total. The van der Waals surface area contributed by atoms with Crippen LogP contribution in [0, 0.1) is 20.8 Å². The highest BCUT2D eigenvalue weighted by Gasteiger charge is 2.74. The maximum atomic E-state index is 16.4. The van der Waals surface area contributed by atoms with Crippen LogP contribution in [0.2, 0.25) is 0 Å². The minimum atomic E-state index is -6.14. The average molecular weight is 1070 g/mol. The van der Waals surface area contributed by atoms with Crippen LogP contribution in [0.25, 0.3) is 82.5 Å². The van der Waals surface area contributed by atoms with Crippen LogP contribution in [-0.4, -0.2) is 38.4 Å². The van der Waals surface area contributed by atoms with Crippen LogP contribution >= 0.6 is 0 Å². The summed E-state index contributed by atoms with van der Waals surface area (Å²) in [7, 11) is 0. The summed E-state index contributed by atoms with van der Waals surface area (Å²) in [6, 6.07) is 44.0. The van der Waals surface area contributed by atoms with Crippen molar-refractivity contribution in [3.05, 3.63) is 233 Å². The van der Waals surface area contributed by atoms with Crippen LogP contribution in [0.4, 0.5) is 52.7 Å². The average Bonchev–Trinajstić information content (AvgIpc) is 3.55. The second-order valence-electron chi connectivity index (χ2n) is 20.0. The highest BCUT2D eigenvalue weighted by molar-refractivity contribution is 6.12. The first kappa shape index (κ1) is 50.4. The Balaban J connectivity index is 1.16. The van der Waals surface area contributed by atoms with E-state index in [4.69, 9.17) is 0 Å². The van der Waals surface area contributed by atoms with Crippen LogP contribution in [0.1, 0.15) is 38.9 Å². The third-order valence-corrected chi connectivity index (χ3v) is 15.4. The summed E-state index contributed by atoms with van der Waals surface area (Å²) in [4.78, 5) is 0. The SMILES string of the molecule is Cc1ccc(-n2c3ccc(C(c4ccc5c6cc(C)ccc6n(-c6ccccc6)c5c4)(C(F)(F)F)C(F)(F)F)cc3c3cc(C(c4ccc5c6cc(C)ccc6n(-c6ccccc6)c5c4)(C(F)(F)F)C(F)(F)F)ccc32)cc1. The van der Waals surface area contributed by atoms with Crippen LogP contribution in [-0.2, 0) is 10.8 Å². The smallest absolute Gasteiger partial charge is 0.309 e. The molecule has 0 amide bonds. The standard InChI is InChI=1S/C63H41F12N3/c1-36-14-22-45(23-15-36)76-54-28-20-39(58(60(64,65)66,61(67,68)69)41-18-24-46-48-30-37(2)16-26-52(48)77(56(46)34-41)43-10-6-4-7-11-43)32-50(54)51-33-40(21-29-55(51)76)59(62(70,71)72,63(73,74)75)42-19-25-47-49-31-38(3)17-27-53(49)78(57(47)35-42)44-12-8-5-9-13-44/h4-35H,1-3H3. The lowest BCUT2D eigenvalue weighted by molar-refractivity contribution is -0.290. The van der Waals surface area contributed by atoms with Gasteiger partial charge in [-0.15, -0.1) is 0 Å². The van der Waals surface area contributed by atoms with Gasteiger partial charge in [-0.05, 0) is 140 Å². The first-order valence-electron chi connectivity index (χ1n) is 24.6. The summed E-state index contributed by atoms with van der Waals surface area (Å²) >= 11 is 0. The number of aryl methyl sites for hydroxylation is 3. The van der Waals surface area contributed by atoms with Gasteiger partial charge in [-0.25, -0.2) is 0 Å². The van der Waals surface area contributed by atoms with Crippen LogP contribution < -0.4 is 0 Å². The molecule has 0 aliphatic rings. The summed E-state index contributed by atoms with van der Waals surface area (Å²) in [6.45, 7) is 5.35. The summed E-state index contributed by atoms with van der Waals surface area (Å²) in [6.07, 6.45) is -24.6. The Kier molecular flexibility index (Phi) is 11.2. The first-order valence-corrected chi connectivity index (χ1v) is 24.6. The Labute approximate surface area is 436 Å². The number of hydrogen-bond donors (Lipinski definition) is 0. The zero-order valence-electron chi connectivity index (χ0n) is 41.4. The number of rotatable bonds is 7. The molecule has 78 heavy (non-hydrogen) atoms. The second kappa shape index (κ2) is 17.3. The van der Waals surface area contributed by atoms with E-state index in [0.717, 1.165) is 53.1 Å². The molecule has 0 unspecified atom stereocenters. The van der Waals surface area contributed by atoms with Crippen molar-refractivity contribution < 1.29 is 52.7 Å². The molecule has 9 aromatic carbocycles. The van der Waals surface area contributed by atoms with E-state index in [1.807, 2.05) is 0 Å². The fourth-order valence-corrected chi connectivity index (χ4v) is 11.9. The Bertz CT molecular complexity index is 4060. The summed E-state index contributed by atoms with van der Waals surface area (Å²) in [5.74, 6) is 0. The van der Waals surface area contributed by atoms with Gasteiger partial charge >= 0.3 is 24.7 Å². The van der Waals surface area contributed by atoms with Crippen LogP contribution in [0.5, 0.6) is 0 Å². The van der Waals surface area contributed by atoms with E-state index in [1.54, 1.807) is 151 Å². The molecule has 0 spiro atoms. The first-order chi connectivity index (χ1) is 37.0. The van der Waals surface area contributed by atoms with Crippen molar-refractivity contribution in [2.24, 2.45) is 0 Å². The number of benzene rings is 9. The van der Waals surface area contributed by atoms with Gasteiger partial charge in [-0.3, -0.25) is 0 Å². The van der Waals surface area contributed by atoms with Gasteiger partial charge in [-0.2, -0.15) is 52.7 Å². The Morgan fingerprint density at radius 2 is 0.526 bits per heavy atom. The molecular formula is C63H41F12N3. The molecule has 12 aromatic rings. The summed E-state index contributed by atoms with van der Waals surface area (Å²) in [5, 5.41) is 0.911. The van der Waals surface area contributed by atoms with E-state index < -0.39 is 68.6 Å². The molecule has 0 atom stereocenters. The zero-order valence-corrected chi connectivity index (χ0v) is 41.4. The lowest BCUT2D eigenvalue weighted by Crippen LogP contribution is -2.54. The zero-order chi connectivity index (χ0) is 55.1. The molecule has 0 fully saturated rings. The van der Waals surface area contributed by atoms with Gasteiger partial charge in [0, 0.05) is 49.4 Å². The van der Waals surface area contributed by atoms with E-state index >= 15 is 52.7 Å². The minimum absolute atomic E-state index is 0.0203. The summed E-state index contributed by atoms with van der Waals surface area (Å²) in [5.41, 5.74) is -10.4. The van der Waals surface area contributed by atoms with Crippen molar-refractivity contribution >= 4 is 65.4 Å². The molecule has 0 saturated heterocycles. The van der Waals surface area contributed by atoms with E-state index in [9.17, 15) is 0 Å². The van der Waals surface area contributed by atoms with Gasteiger partial charge in [0.25, 0.3) is 0 Å². The number of fused-ring (bicyclic) bond motifs is 9. The summed E-state index contributed by atoms with van der Waals surface area (Å²) < 4.78 is 201. The monoisotopic (exact) mass is 1070 g/mol. The quantitative estimate of drug-likeness (QED) is 0.141. The van der Waals surface area contributed by atoms with Crippen molar-refractivity contribution in [1.29, 1.82) is 0 Å². The Morgan fingerprint density at radius 1 is 0.244 bits per heavy atom. The Morgan fingerprint density at radius 3 is 0.885 bits per heavy atom. The lowest BCUT2D eigenvalue weighted by Gasteiger charge is -2.38. The van der Waals surface area contributed by atoms with Crippen LogP contribution in [0.15, 0.2) is 194 Å². The molecule has 0 bridgehead atoms. The third-order valence-electron chi connectivity index (χ3n) is 15.4. The maximum absolute atomic E-state index is 16.4. The molecule has 15 heteroatoms. The molecule has 12 rings (SSSR count). The normalized spacial score (nSPS) is 13.3. The number of halogens is 12. The van der Waals surface area contributed by atoms with Gasteiger partial charge in [0.2, 0.25) is 10.8 Å². The fourth-order valence-electron chi connectivity index (χ4n) is 11.9. The number of nitrogens with zero attached hydrogens (tertiary/aromatic N) is 3. The van der Waals surface area contributed by atoms with Crippen LogP contribution in [0.3, 0.4) is 0 Å². The largest absolute Gasteiger partial charge is 0.411 e. The van der Waals surface area contributed by atoms with Gasteiger partial charge in [0.15, 0.2) is 0 Å². The van der Waals surface area contributed by atoms with Crippen molar-refractivity contribution in [3.8, 4) is 17.1 Å². The molecular weight excluding hydrogens is 1030 g/mol.